The lowest BCUT2D eigenvalue weighted by Crippen LogP contribution is -2.07. The highest BCUT2D eigenvalue weighted by atomic mass is 32.2. The minimum Gasteiger partial charge on any atom is -0.465 e. The van der Waals surface area contributed by atoms with Gasteiger partial charge in [-0.1, -0.05) is 0 Å². The monoisotopic (exact) mass is 332 g/mol. The summed E-state index contributed by atoms with van der Waals surface area (Å²) in [6, 6.07) is 3.35. The summed E-state index contributed by atoms with van der Waals surface area (Å²) in [5.74, 6) is -0.269. The highest BCUT2D eigenvalue weighted by molar-refractivity contribution is 7.95. The van der Waals surface area contributed by atoms with Crippen LogP contribution in [0.5, 0.6) is 0 Å². The summed E-state index contributed by atoms with van der Waals surface area (Å²) in [6.45, 7) is 1.71. The van der Waals surface area contributed by atoms with Gasteiger partial charge in [0.05, 0.1) is 12.7 Å². The molecule has 0 radical (unpaired) electrons. The lowest BCUT2D eigenvalue weighted by Gasteiger charge is -2.15. The first kappa shape index (κ1) is 16.7. The van der Waals surface area contributed by atoms with Crippen LogP contribution in [0.1, 0.15) is 39.9 Å². The summed E-state index contributed by atoms with van der Waals surface area (Å²) >= 11 is -0.526. The molecule has 7 heteroatoms. The number of fused-ring (bicyclic) bond motifs is 1. The minimum absolute atomic E-state index is 0.189. The van der Waals surface area contributed by atoms with Crippen molar-refractivity contribution in [3.05, 3.63) is 40.5 Å². The van der Waals surface area contributed by atoms with E-state index in [-0.39, 0.29) is 5.76 Å². The smallest absolute Gasteiger partial charge is 0.465 e. The second-order valence-electron chi connectivity index (χ2n) is 4.89. The predicted octanol–water partition coefficient (Wildman–Crippen LogP) is 4.64. The largest absolute Gasteiger partial charge is 0.479 e. The summed E-state index contributed by atoms with van der Waals surface area (Å²) in [5.41, 5.74) is -2.02. The highest BCUT2D eigenvalue weighted by Gasteiger charge is 2.32. The van der Waals surface area contributed by atoms with E-state index >= 15 is 0 Å². The molecular weight excluding hydrogens is 317 g/mol. The zero-order valence-corrected chi connectivity index (χ0v) is 12.9. The molecule has 0 fully saturated rings. The Morgan fingerprint density at radius 2 is 2.05 bits per heavy atom. The number of halogens is 3. The molecule has 120 valence electrons. The second-order valence-corrected chi connectivity index (χ2v) is 5.69. The van der Waals surface area contributed by atoms with Crippen molar-refractivity contribution in [1.82, 2.24) is 0 Å². The standard InChI is InChI=1S/C15H15F3O3S/c1-9-7-12-10(8-11(9)14(19)20-2)5-3-4-6-13(12)21-22-15(16,17)18/h6-8H,3-5H2,1-2H3. The van der Waals surface area contributed by atoms with E-state index in [4.69, 9.17) is 8.92 Å². The topological polar surface area (TPSA) is 35.5 Å². The quantitative estimate of drug-likeness (QED) is 0.596. The number of allylic oxidation sites excluding steroid dienone is 1. The van der Waals surface area contributed by atoms with Crippen molar-refractivity contribution >= 4 is 23.8 Å². The van der Waals surface area contributed by atoms with E-state index in [9.17, 15) is 18.0 Å². The first-order valence-electron chi connectivity index (χ1n) is 6.66. The molecule has 0 saturated carbocycles. The molecule has 0 atom stereocenters. The van der Waals surface area contributed by atoms with E-state index in [0.29, 0.717) is 29.5 Å². The van der Waals surface area contributed by atoms with Gasteiger partial charge in [-0.05, 0) is 55.5 Å². The molecule has 0 bridgehead atoms. The van der Waals surface area contributed by atoms with Crippen LogP contribution in [-0.2, 0) is 15.3 Å². The Balaban J connectivity index is 2.37. The maximum Gasteiger partial charge on any atom is 0.479 e. The average molecular weight is 332 g/mol. The summed E-state index contributed by atoms with van der Waals surface area (Å²) in [5, 5.41) is 0. The van der Waals surface area contributed by atoms with Gasteiger partial charge in [-0.3, -0.25) is 0 Å². The summed E-state index contributed by atoms with van der Waals surface area (Å²) in [7, 11) is 1.29. The molecule has 3 nitrogen and oxygen atoms in total. The van der Waals surface area contributed by atoms with E-state index in [1.54, 1.807) is 25.1 Å². The van der Waals surface area contributed by atoms with Gasteiger partial charge < -0.3 is 8.92 Å². The Kier molecular flexibility index (Phi) is 5.05. The number of hydrogen-bond donors (Lipinski definition) is 0. The molecule has 1 aromatic rings. The second kappa shape index (κ2) is 6.64. The fourth-order valence-corrected chi connectivity index (χ4v) is 2.67. The van der Waals surface area contributed by atoms with Gasteiger partial charge in [-0.15, -0.1) is 0 Å². The van der Waals surface area contributed by atoms with Gasteiger partial charge in [-0.2, -0.15) is 13.2 Å². The van der Waals surface area contributed by atoms with Gasteiger partial charge in [0, 0.05) is 5.56 Å². The average Bonchev–Trinajstić information content (AvgIpc) is 2.64. The lowest BCUT2D eigenvalue weighted by atomic mass is 9.96. The summed E-state index contributed by atoms with van der Waals surface area (Å²) in [4.78, 5) is 11.7. The third-order valence-electron chi connectivity index (χ3n) is 3.33. The fraction of sp³-hybridized carbons (Fsp3) is 0.400. The Labute approximate surface area is 130 Å². The fourth-order valence-electron chi connectivity index (χ4n) is 2.33. The van der Waals surface area contributed by atoms with Crippen LogP contribution >= 0.6 is 12.0 Å². The van der Waals surface area contributed by atoms with Crippen LogP contribution in [0.2, 0.25) is 0 Å². The van der Waals surface area contributed by atoms with Crippen molar-refractivity contribution in [3.63, 3.8) is 0 Å². The maximum absolute atomic E-state index is 12.3. The number of alkyl halides is 3. The van der Waals surface area contributed by atoms with Crippen LogP contribution in [0.3, 0.4) is 0 Å². The summed E-state index contributed by atoms with van der Waals surface area (Å²) < 4.78 is 46.6. The predicted molar refractivity (Wildman–Crippen MR) is 78.2 cm³/mol. The van der Waals surface area contributed by atoms with E-state index in [1.165, 1.54) is 7.11 Å². The number of aryl methyl sites for hydroxylation is 2. The SMILES string of the molecule is COC(=O)c1cc2c(cc1C)C(OSC(F)(F)F)=CCCC2. The number of esters is 1. The third kappa shape index (κ3) is 3.97. The van der Waals surface area contributed by atoms with E-state index in [0.717, 1.165) is 12.0 Å². The number of carbonyl (C=O) groups excluding carboxylic acids is 1. The van der Waals surface area contributed by atoms with Crippen LogP contribution in [-0.4, -0.2) is 18.6 Å². The normalized spacial score (nSPS) is 14.7. The van der Waals surface area contributed by atoms with Crippen LogP contribution in [0, 0.1) is 6.92 Å². The van der Waals surface area contributed by atoms with E-state index in [1.807, 2.05) is 0 Å². The van der Waals surface area contributed by atoms with Gasteiger partial charge >= 0.3 is 11.5 Å². The summed E-state index contributed by atoms with van der Waals surface area (Å²) in [6.07, 6.45) is 3.72. The van der Waals surface area contributed by atoms with Crippen molar-refractivity contribution in [3.8, 4) is 0 Å². The molecule has 1 aliphatic rings. The zero-order valence-electron chi connectivity index (χ0n) is 12.1. The molecule has 2 rings (SSSR count). The molecule has 0 N–H and O–H groups in total. The molecule has 0 saturated heterocycles. The van der Waals surface area contributed by atoms with Gasteiger partial charge in [0.2, 0.25) is 0 Å². The van der Waals surface area contributed by atoms with Crippen LogP contribution in [0.4, 0.5) is 13.2 Å². The van der Waals surface area contributed by atoms with Crippen molar-refractivity contribution < 1.29 is 26.9 Å². The molecule has 0 aliphatic heterocycles. The first-order chi connectivity index (χ1) is 10.3. The van der Waals surface area contributed by atoms with Crippen molar-refractivity contribution in [1.29, 1.82) is 0 Å². The first-order valence-corrected chi connectivity index (χ1v) is 7.41. The number of benzene rings is 1. The molecule has 1 aliphatic carbocycles. The van der Waals surface area contributed by atoms with Crippen molar-refractivity contribution in [2.24, 2.45) is 0 Å². The van der Waals surface area contributed by atoms with Gasteiger partial charge in [-0.25, -0.2) is 4.79 Å². The maximum atomic E-state index is 12.3. The minimum atomic E-state index is -4.46. The number of carbonyl (C=O) groups is 1. The Bertz CT molecular complexity index is 609. The number of ether oxygens (including phenoxy) is 1. The number of hydrogen-bond acceptors (Lipinski definition) is 4. The van der Waals surface area contributed by atoms with Crippen LogP contribution < -0.4 is 0 Å². The molecule has 22 heavy (non-hydrogen) atoms. The van der Waals surface area contributed by atoms with Gasteiger partial charge in [0.25, 0.3) is 0 Å². The van der Waals surface area contributed by atoms with Crippen molar-refractivity contribution in [2.75, 3.05) is 7.11 Å². The molecule has 1 aromatic carbocycles. The highest BCUT2D eigenvalue weighted by Crippen LogP contribution is 2.38. The molecule has 0 unspecified atom stereocenters. The van der Waals surface area contributed by atoms with E-state index < -0.39 is 23.5 Å². The molecule has 0 amide bonds. The Morgan fingerprint density at radius 1 is 1.32 bits per heavy atom. The molecule has 0 aromatic heterocycles. The van der Waals surface area contributed by atoms with Crippen LogP contribution in [0.15, 0.2) is 18.2 Å². The van der Waals surface area contributed by atoms with Gasteiger partial charge in [0.15, 0.2) is 12.0 Å². The number of methoxy groups -OCH3 is 1. The molecule has 0 heterocycles. The Morgan fingerprint density at radius 3 is 2.68 bits per heavy atom. The molecule has 0 spiro atoms. The van der Waals surface area contributed by atoms with Crippen LogP contribution in [0.25, 0.3) is 5.76 Å². The lowest BCUT2D eigenvalue weighted by molar-refractivity contribution is -0.0375. The Hall–Kier alpha value is -1.63. The zero-order chi connectivity index (χ0) is 16.3. The molecular formula is C15H15F3O3S. The number of rotatable bonds is 3. The van der Waals surface area contributed by atoms with Crippen molar-refractivity contribution in [2.45, 2.75) is 31.7 Å². The van der Waals surface area contributed by atoms with Gasteiger partial charge in [0.1, 0.15) is 5.76 Å². The third-order valence-corrected chi connectivity index (χ3v) is 3.78. The van der Waals surface area contributed by atoms with E-state index in [2.05, 4.69) is 0 Å².